The Kier molecular flexibility index (Phi) is 6.53. The van der Waals surface area contributed by atoms with Crippen molar-refractivity contribution in [1.82, 2.24) is 15.2 Å². The molecule has 0 aliphatic carbocycles. The highest BCUT2D eigenvalue weighted by atomic mass is 19.3. The molecule has 0 amide bonds. The van der Waals surface area contributed by atoms with Crippen LogP contribution in [-0.4, -0.2) is 30.7 Å². The fourth-order valence-corrected chi connectivity index (χ4v) is 2.13. The Morgan fingerprint density at radius 2 is 1.96 bits per heavy atom. The summed E-state index contributed by atoms with van der Waals surface area (Å²) in [4.78, 5) is 4.02. The number of aliphatic imine (C=N–C) groups is 1. The van der Waals surface area contributed by atoms with E-state index in [1.807, 2.05) is 29.1 Å². The van der Waals surface area contributed by atoms with Crippen LogP contribution in [0.3, 0.4) is 0 Å². The third kappa shape index (κ3) is 5.22. The number of hydrogen-bond acceptors (Lipinski definition) is 2. The van der Waals surface area contributed by atoms with E-state index >= 15 is 0 Å². The van der Waals surface area contributed by atoms with E-state index in [0.29, 0.717) is 12.5 Å². The van der Waals surface area contributed by atoms with Crippen LogP contribution in [0.15, 0.2) is 47.7 Å². The molecule has 0 saturated heterocycles. The molecule has 0 unspecified atom stereocenters. The lowest BCUT2D eigenvalue weighted by atomic mass is 10.2. The Labute approximate surface area is 138 Å². The summed E-state index contributed by atoms with van der Waals surface area (Å²) in [6.45, 7) is -1.71. The van der Waals surface area contributed by atoms with Crippen LogP contribution in [0.2, 0.25) is 0 Å². The van der Waals surface area contributed by atoms with Crippen molar-refractivity contribution in [3.8, 4) is 5.75 Å². The summed E-state index contributed by atoms with van der Waals surface area (Å²) in [7, 11) is 1.57. The van der Waals surface area contributed by atoms with E-state index in [9.17, 15) is 13.2 Å². The second-order valence-electron chi connectivity index (χ2n) is 4.87. The molecule has 0 fully saturated rings. The number of nitrogens with zero attached hydrogens (tertiary/aromatic N) is 2. The molecule has 2 aromatic rings. The molecule has 2 N–H and O–H groups in total. The van der Waals surface area contributed by atoms with Crippen LogP contribution in [0, 0.1) is 5.82 Å². The molecule has 0 atom stereocenters. The number of guanidine groups is 1. The Morgan fingerprint density at radius 3 is 2.62 bits per heavy atom. The van der Waals surface area contributed by atoms with Gasteiger partial charge in [-0.1, -0.05) is 6.07 Å². The van der Waals surface area contributed by atoms with Gasteiger partial charge in [-0.25, -0.2) is 4.39 Å². The largest absolute Gasteiger partial charge is 0.434 e. The first-order valence-corrected chi connectivity index (χ1v) is 7.37. The minimum Gasteiger partial charge on any atom is -0.434 e. The van der Waals surface area contributed by atoms with Gasteiger partial charge in [0.1, 0.15) is 11.6 Å². The maximum Gasteiger partial charge on any atom is 0.387 e. The number of benzene rings is 1. The summed E-state index contributed by atoms with van der Waals surface area (Å²) in [6.07, 6.45) is 3.87. The molecule has 8 heteroatoms. The predicted molar refractivity (Wildman–Crippen MR) is 85.7 cm³/mol. The molecule has 0 spiro atoms. The maximum absolute atomic E-state index is 13.9. The van der Waals surface area contributed by atoms with Crippen molar-refractivity contribution in [2.24, 2.45) is 4.99 Å². The van der Waals surface area contributed by atoms with Gasteiger partial charge in [0.05, 0.1) is 0 Å². The van der Waals surface area contributed by atoms with E-state index < -0.39 is 12.4 Å². The molecule has 0 aliphatic heterocycles. The summed E-state index contributed by atoms with van der Waals surface area (Å²) >= 11 is 0. The summed E-state index contributed by atoms with van der Waals surface area (Å²) < 4.78 is 45.0. The molecule has 2 rings (SSSR count). The van der Waals surface area contributed by atoms with Crippen LogP contribution in [-0.2, 0) is 13.1 Å². The second kappa shape index (κ2) is 8.85. The highest BCUT2D eigenvalue weighted by Gasteiger charge is 2.14. The SMILES string of the molecule is CN=C(NCCn1cccc1)NCc1c(F)cccc1OC(F)F. The first-order chi connectivity index (χ1) is 11.6. The number of alkyl halides is 2. The smallest absolute Gasteiger partial charge is 0.387 e. The van der Waals surface area contributed by atoms with Crippen molar-refractivity contribution in [3.05, 3.63) is 54.1 Å². The lowest BCUT2D eigenvalue weighted by Gasteiger charge is -2.15. The zero-order valence-electron chi connectivity index (χ0n) is 13.2. The van der Waals surface area contributed by atoms with Crippen LogP contribution in [0.1, 0.15) is 5.56 Å². The van der Waals surface area contributed by atoms with E-state index in [1.165, 1.54) is 18.2 Å². The highest BCUT2D eigenvalue weighted by molar-refractivity contribution is 5.79. The van der Waals surface area contributed by atoms with E-state index in [-0.39, 0.29) is 17.9 Å². The third-order valence-electron chi connectivity index (χ3n) is 3.28. The highest BCUT2D eigenvalue weighted by Crippen LogP contribution is 2.23. The summed E-state index contributed by atoms with van der Waals surface area (Å²) in [5.74, 6) is -0.378. The van der Waals surface area contributed by atoms with Crippen molar-refractivity contribution in [1.29, 1.82) is 0 Å². The molecule has 0 radical (unpaired) electrons. The fraction of sp³-hybridized carbons (Fsp3) is 0.312. The van der Waals surface area contributed by atoms with E-state index in [4.69, 9.17) is 0 Å². The molecular weight excluding hydrogens is 321 g/mol. The topological polar surface area (TPSA) is 50.6 Å². The zero-order valence-corrected chi connectivity index (χ0v) is 13.2. The van der Waals surface area contributed by atoms with Gasteiger partial charge in [-0.2, -0.15) is 8.78 Å². The average molecular weight is 340 g/mol. The normalized spacial score (nSPS) is 11.6. The predicted octanol–water partition coefficient (Wildman–Crippen LogP) is 2.59. The Bertz CT molecular complexity index is 659. The van der Waals surface area contributed by atoms with Crippen LogP contribution in [0.4, 0.5) is 13.2 Å². The number of rotatable bonds is 7. The van der Waals surface area contributed by atoms with E-state index in [1.54, 1.807) is 7.05 Å². The van der Waals surface area contributed by atoms with Crippen LogP contribution >= 0.6 is 0 Å². The van der Waals surface area contributed by atoms with Gasteiger partial charge in [-0.3, -0.25) is 4.99 Å². The van der Waals surface area contributed by atoms with Crippen molar-refractivity contribution in [3.63, 3.8) is 0 Å². The lowest BCUT2D eigenvalue weighted by Crippen LogP contribution is -2.38. The minimum absolute atomic E-state index is 0.0196. The number of ether oxygens (including phenoxy) is 1. The number of nitrogens with one attached hydrogen (secondary N) is 2. The quantitative estimate of drug-likeness (QED) is 0.602. The maximum atomic E-state index is 13.9. The monoisotopic (exact) mass is 340 g/mol. The number of hydrogen-bond donors (Lipinski definition) is 2. The summed E-state index contributed by atoms with van der Waals surface area (Å²) in [6, 6.07) is 7.67. The van der Waals surface area contributed by atoms with Gasteiger partial charge in [0.2, 0.25) is 0 Å². The van der Waals surface area contributed by atoms with Crippen molar-refractivity contribution in [2.45, 2.75) is 19.7 Å². The van der Waals surface area contributed by atoms with Crippen molar-refractivity contribution < 1.29 is 17.9 Å². The molecule has 0 saturated carbocycles. The molecule has 130 valence electrons. The molecule has 0 aliphatic rings. The number of aromatic nitrogens is 1. The molecule has 1 heterocycles. The van der Waals surface area contributed by atoms with Crippen LogP contribution in [0.5, 0.6) is 5.75 Å². The van der Waals surface area contributed by atoms with Crippen molar-refractivity contribution >= 4 is 5.96 Å². The minimum atomic E-state index is -3.01. The first kappa shape index (κ1) is 17.7. The molecule has 1 aromatic heterocycles. The average Bonchev–Trinajstić information content (AvgIpc) is 3.05. The number of halogens is 3. The fourth-order valence-electron chi connectivity index (χ4n) is 2.13. The van der Waals surface area contributed by atoms with Crippen molar-refractivity contribution in [2.75, 3.05) is 13.6 Å². The molecular formula is C16H19F3N4O. The van der Waals surface area contributed by atoms with E-state index in [2.05, 4.69) is 20.4 Å². The standard InChI is InChI=1S/C16H19F3N4O/c1-20-16(21-7-10-23-8-2-3-9-23)22-11-12-13(17)5-4-6-14(12)24-15(18)19/h2-6,8-9,15H,7,10-11H2,1H3,(H2,20,21,22). The summed E-state index contributed by atoms with van der Waals surface area (Å²) in [5, 5.41) is 5.95. The molecule has 5 nitrogen and oxygen atoms in total. The molecule has 24 heavy (non-hydrogen) atoms. The van der Waals surface area contributed by atoms with Gasteiger partial charge in [-0.15, -0.1) is 0 Å². The van der Waals surface area contributed by atoms with E-state index in [0.717, 1.165) is 6.54 Å². The van der Waals surface area contributed by atoms with Gasteiger partial charge in [-0.05, 0) is 24.3 Å². The van der Waals surface area contributed by atoms with Gasteiger partial charge >= 0.3 is 6.61 Å². The van der Waals surface area contributed by atoms with Gasteiger partial charge < -0.3 is 19.9 Å². The second-order valence-corrected chi connectivity index (χ2v) is 4.87. The summed E-state index contributed by atoms with van der Waals surface area (Å²) in [5.41, 5.74) is 0.0196. The molecule has 1 aromatic carbocycles. The first-order valence-electron chi connectivity index (χ1n) is 7.37. The Morgan fingerprint density at radius 1 is 1.21 bits per heavy atom. The Balaban J connectivity index is 1.90. The lowest BCUT2D eigenvalue weighted by molar-refractivity contribution is -0.0506. The zero-order chi connectivity index (χ0) is 17.4. The van der Waals surface area contributed by atoms with Gasteiger partial charge in [0.25, 0.3) is 0 Å². The third-order valence-corrected chi connectivity index (χ3v) is 3.28. The van der Waals surface area contributed by atoms with Crippen LogP contribution in [0.25, 0.3) is 0 Å². The van der Waals surface area contributed by atoms with Crippen LogP contribution < -0.4 is 15.4 Å². The van der Waals surface area contributed by atoms with Gasteiger partial charge in [0, 0.05) is 44.6 Å². The van der Waals surface area contributed by atoms with Gasteiger partial charge in [0.15, 0.2) is 5.96 Å². The Hall–Kier alpha value is -2.64. The molecule has 0 bridgehead atoms.